The zero-order chi connectivity index (χ0) is 24.7. The number of methoxy groups -OCH3 is 3. The number of benzene rings is 2. The van der Waals surface area contributed by atoms with E-state index >= 15 is 0 Å². The summed E-state index contributed by atoms with van der Waals surface area (Å²) in [5, 5.41) is 19.4. The van der Waals surface area contributed by atoms with Crippen LogP contribution in [0.5, 0.6) is 17.2 Å². The van der Waals surface area contributed by atoms with Gasteiger partial charge in [-0.2, -0.15) is 5.10 Å². The van der Waals surface area contributed by atoms with E-state index < -0.39 is 10.2 Å². The third kappa shape index (κ3) is 5.54. The average molecular weight is 485 g/mol. The summed E-state index contributed by atoms with van der Waals surface area (Å²) in [5.74, 6) is 1.27. The maximum absolute atomic E-state index is 12.9. The fourth-order valence-corrected chi connectivity index (χ4v) is 4.49. The maximum atomic E-state index is 12.9. The molecule has 2 aromatic rings. The maximum Gasteiger partial charge on any atom is 0.269 e. The van der Waals surface area contributed by atoms with E-state index in [4.69, 9.17) is 14.2 Å². The third-order valence-corrected chi connectivity index (χ3v) is 6.08. The van der Waals surface area contributed by atoms with Crippen LogP contribution in [0.25, 0.3) is 0 Å². The van der Waals surface area contributed by atoms with E-state index in [0.717, 1.165) is 0 Å². The third-order valence-electron chi connectivity index (χ3n) is 4.91. The predicted octanol–water partition coefficient (Wildman–Crippen LogP) is 3.68. The largest absolute Gasteiger partial charge is 0.493 e. The molecule has 0 bridgehead atoms. The highest BCUT2D eigenvalue weighted by Crippen LogP contribution is 2.38. The van der Waals surface area contributed by atoms with Gasteiger partial charge in [0.1, 0.15) is 0 Å². The predicted molar refractivity (Wildman–Crippen MR) is 131 cm³/mol. The lowest BCUT2D eigenvalue weighted by Gasteiger charge is -2.13. The van der Waals surface area contributed by atoms with Gasteiger partial charge in [-0.25, -0.2) is 0 Å². The van der Waals surface area contributed by atoms with Crippen molar-refractivity contribution < 1.29 is 23.9 Å². The summed E-state index contributed by atoms with van der Waals surface area (Å²) in [6.07, 6.45) is 3.45. The molecule has 3 rings (SSSR count). The van der Waals surface area contributed by atoms with Crippen LogP contribution in [0.3, 0.4) is 0 Å². The fraction of sp³-hybridized carbons (Fsp3) is 0.261. The van der Waals surface area contributed by atoms with Crippen LogP contribution in [-0.4, -0.2) is 60.2 Å². The molecule has 1 aliphatic rings. The number of non-ortho nitro benzene ring substituents is 1. The Balaban J connectivity index is 1.82. The first-order valence-corrected chi connectivity index (χ1v) is 11.0. The normalized spacial score (nSPS) is 16.8. The van der Waals surface area contributed by atoms with Crippen LogP contribution in [0.4, 0.5) is 5.69 Å². The van der Waals surface area contributed by atoms with E-state index in [-0.39, 0.29) is 18.1 Å². The molecule has 178 valence electrons. The lowest BCUT2D eigenvalue weighted by Crippen LogP contribution is -2.32. The standard InChI is InChI=1S/C23H24N4O6S/c1-5-9-26-22(28)20(13-15-7-6-8-17(10-15)27(29)30)34-23(26)25-24-14-16-11-18(31-2)21(33-4)19(12-16)32-3/h5-8,10-12,14,20H,1,9,13H2,2-4H3. The molecule has 2 aromatic carbocycles. The molecule has 34 heavy (non-hydrogen) atoms. The zero-order valence-electron chi connectivity index (χ0n) is 19.0. The first-order valence-electron chi connectivity index (χ1n) is 10.1. The molecule has 0 spiro atoms. The van der Waals surface area contributed by atoms with E-state index in [1.165, 1.54) is 56.3 Å². The first kappa shape index (κ1) is 24.8. The van der Waals surface area contributed by atoms with Crippen molar-refractivity contribution in [2.75, 3.05) is 27.9 Å². The van der Waals surface area contributed by atoms with Crippen LogP contribution >= 0.6 is 11.8 Å². The molecule has 1 heterocycles. The molecular weight excluding hydrogens is 460 g/mol. The zero-order valence-corrected chi connectivity index (χ0v) is 19.8. The Kier molecular flexibility index (Phi) is 8.25. The Morgan fingerprint density at radius 2 is 1.88 bits per heavy atom. The van der Waals surface area contributed by atoms with Gasteiger partial charge >= 0.3 is 0 Å². The monoisotopic (exact) mass is 484 g/mol. The number of hydrogen-bond donors (Lipinski definition) is 0. The number of ether oxygens (including phenoxy) is 3. The number of carbonyl (C=O) groups is 1. The molecule has 0 N–H and O–H groups in total. The van der Waals surface area contributed by atoms with Crippen LogP contribution in [0.15, 0.2) is 59.3 Å². The Hall–Kier alpha value is -3.86. The minimum Gasteiger partial charge on any atom is -0.493 e. The van der Waals surface area contributed by atoms with Crippen LogP contribution in [-0.2, 0) is 11.2 Å². The summed E-state index contributed by atoms with van der Waals surface area (Å²) in [6.45, 7) is 3.98. The highest BCUT2D eigenvalue weighted by atomic mass is 32.2. The van der Waals surface area contributed by atoms with Gasteiger partial charge in [0, 0.05) is 24.2 Å². The van der Waals surface area contributed by atoms with E-state index in [0.29, 0.717) is 40.0 Å². The second kappa shape index (κ2) is 11.3. The Morgan fingerprint density at radius 3 is 2.47 bits per heavy atom. The summed E-state index contributed by atoms with van der Waals surface area (Å²) >= 11 is 1.26. The van der Waals surface area contributed by atoms with Crippen LogP contribution < -0.4 is 14.2 Å². The number of hydrogen-bond acceptors (Lipinski definition) is 9. The van der Waals surface area contributed by atoms with Crippen LogP contribution in [0.2, 0.25) is 0 Å². The molecule has 10 nitrogen and oxygen atoms in total. The van der Waals surface area contributed by atoms with Crippen molar-refractivity contribution in [1.29, 1.82) is 0 Å². The lowest BCUT2D eigenvalue weighted by atomic mass is 10.1. The number of nitro groups is 1. The number of amides is 1. The van der Waals surface area contributed by atoms with Gasteiger partial charge in [-0.3, -0.25) is 19.8 Å². The fourth-order valence-electron chi connectivity index (χ4n) is 3.34. The quantitative estimate of drug-likeness (QED) is 0.219. The molecule has 1 aliphatic heterocycles. The van der Waals surface area contributed by atoms with Gasteiger partial charge in [0.05, 0.1) is 37.7 Å². The smallest absolute Gasteiger partial charge is 0.269 e. The summed E-state index contributed by atoms with van der Waals surface area (Å²) in [5.41, 5.74) is 1.34. The molecule has 11 heteroatoms. The van der Waals surface area contributed by atoms with Gasteiger partial charge < -0.3 is 14.2 Å². The minimum absolute atomic E-state index is 0.0141. The molecular formula is C23H24N4O6S. The number of carbonyl (C=O) groups excluding carboxylic acids is 1. The van der Waals surface area contributed by atoms with Gasteiger partial charge in [-0.05, 0) is 24.1 Å². The molecule has 1 atom stereocenters. The van der Waals surface area contributed by atoms with E-state index in [1.807, 2.05) is 0 Å². The molecule has 0 radical (unpaired) electrons. The number of rotatable bonds is 10. The van der Waals surface area contributed by atoms with Gasteiger partial charge in [0.2, 0.25) is 11.7 Å². The Morgan fingerprint density at radius 1 is 1.18 bits per heavy atom. The van der Waals surface area contributed by atoms with Crippen molar-refractivity contribution in [2.24, 2.45) is 10.2 Å². The van der Waals surface area contributed by atoms with Gasteiger partial charge in [-0.1, -0.05) is 30.0 Å². The molecule has 1 fully saturated rings. The van der Waals surface area contributed by atoms with Crippen molar-refractivity contribution >= 4 is 34.7 Å². The lowest BCUT2D eigenvalue weighted by molar-refractivity contribution is -0.384. The molecule has 0 aromatic heterocycles. The summed E-state index contributed by atoms with van der Waals surface area (Å²) in [6, 6.07) is 9.71. The van der Waals surface area contributed by atoms with Gasteiger partial charge in [-0.15, -0.1) is 11.7 Å². The van der Waals surface area contributed by atoms with Crippen molar-refractivity contribution in [3.8, 4) is 17.2 Å². The summed E-state index contributed by atoms with van der Waals surface area (Å²) in [7, 11) is 4.56. The van der Waals surface area contributed by atoms with Crippen molar-refractivity contribution in [3.63, 3.8) is 0 Å². The highest BCUT2D eigenvalue weighted by Gasteiger charge is 2.37. The summed E-state index contributed by atoms with van der Waals surface area (Å²) < 4.78 is 16.0. The summed E-state index contributed by atoms with van der Waals surface area (Å²) in [4.78, 5) is 25.0. The van der Waals surface area contributed by atoms with Gasteiger partial charge in [0.25, 0.3) is 5.69 Å². The molecule has 1 unspecified atom stereocenters. The topological polar surface area (TPSA) is 116 Å². The van der Waals surface area contributed by atoms with E-state index in [1.54, 1.807) is 30.3 Å². The van der Waals surface area contributed by atoms with E-state index in [9.17, 15) is 14.9 Å². The number of thioether (sulfide) groups is 1. The number of nitrogens with zero attached hydrogens (tertiary/aromatic N) is 4. The molecule has 0 saturated carbocycles. The number of nitro benzene ring substituents is 1. The van der Waals surface area contributed by atoms with E-state index in [2.05, 4.69) is 16.8 Å². The van der Waals surface area contributed by atoms with Gasteiger partial charge in [0.15, 0.2) is 16.7 Å². The average Bonchev–Trinajstić information content (AvgIpc) is 3.12. The van der Waals surface area contributed by atoms with Crippen molar-refractivity contribution in [1.82, 2.24) is 4.90 Å². The first-order chi connectivity index (χ1) is 16.4. The SMILES string of the molecule is C=CCN1C(=O)C(Cc2cccc([N+](=O)[O-])c2)SC1=NN=Cc1cc(OC)c(OC)c(OC)c1. The highest BCUT2D eigenvalue weighted by molar-refractivity contribution is 8.15. The second-order valence-corrected chi connectivity index (χ2v) is 8.23. The van der Waals surface area contributed by atoms with Crippen LogP contribution in [0.1, 0.15) is 11.1 Å². The molecule has 1 saturated heterocycles. The Bertz CT molecular complexity index is 1130. The van der Waals surface area contributed by atoms with Crippen molar-refractivity contribution in [3.05, 3.63) is 70.3 Å². The number of amidine groups is 1. The molecule has 1 amide bonds. The molecule has 0 aliphatic carbocycles. The van der Waals surface area contributed by atoms with Crippen molar-refractivity contribution in [2.45, 2.75) is 11.7 Å². The Labute approximate surface area is 201 Å². The second-order valence-electron chi connectivity index (χ2n) is 7.06. The minimum atomic E-state index is -0.475. The van der Waals surface area contributed by atoms with Crippen LogP contribution in [0, 0.1) is 10.1 Å².